The van der Waals surface area contributed by atoms with Gasteiger partial charge in [0.15, 0.2) is 5.78 Å². The Morgan fingerprint density at radius 2 is 1.97 bits per heavy atom. The number of hydrogen-bond donors (Lipinski definition) is 0. The molecule has 0 bridgehead atoms. The number of hydrogen-bond acceptors (Lipinski definition) is 4. The molecule has 1 aliphatic carbocycles. The van der Waals surface area contributed by atoms with Crippen molar-refractivity contribution in [2.75, 3.05) is 12.4 Å². The molecule has 3 nitrogen and oxygen atoms in total. The minimum absolute atomic E-state index is 0.0294. The van der Waals surface area contributed by atoms with Crippen LogP contribution in [0.25, 0.3) is 5.57 Å². The highest BCUT2D eigenvalue weighted by molar-refractivity contribution is 7.99. The molecule has 2 aromatic rings. The maximum atomic E-state index is 14.5. The summed E-state index contributed by atoms with van der Waals surface area (Å²) in [7, 11) is 0. The number of pyridine rings is 1. The van der Waals surface area contributed by atoms with Gasteiger partial charge in [0.25, 0.3) is 0 Å². The Labute approximate surface area is 179 Å². The van der Waals surface area contributed by atoms with Gasteiger partial charge < -0.3 is 4.74 Å². The minimum Gasteiger partial charge on any atom is -0.497 e. The molecule has 0 saturated heterocycles. The molecule has 0 radical (unpaired) electrons. The molecule has 2 aliphatic rings. The highest BCUT2D eigenvalue weighted by atomic mass is 32.2. The lowest BCUT2D eigenvalue weighted by molar-refractivity contribution is -0.137. The number of aromatic nitrogens is 1. The predicted molar refractivity (Wildman–Crippen MR) is 105 cm³/mol. The fourth-order valence-electron chi connectivity index (χ4n) is 3.92. The summed E-state index contributed by atoms with van der Waals surface area (Å²) in [6.07, 6.45) is -2.02. The van der Waals surface area contributed by atoms with E-state index in [1.54, 1.807) is 0 Å². The van der Waals surface area contributed by atoms with Crippen molar-refractivity contribution in [3.05, 3.63) is 64.5 Å². The maximum Gasteiger partial charge on any atom is 0.417 e. The van der Waals surface area contributed by atoms with Gasteiger partial charge in [-0.25, -0.2) is 13.8 Å². The summed E-state index contributed by atoms with van der Waals surface area (Å²) >= 11 is 1.31. The largest absolute Gasteiger partial charge is 0.497 e. The van der Waals surface area contributed by atoms with Crippen molar-refractivity contribution in [2.24, 2.45) is 5.92 Å². The molecule has 1 aliphatic heterocycles. The van der Waals surface area contributed by atoms with Gasteiger partial charge in [-0.15, -0.1) is 11.8 Å². The number of carbonyl (C=O) groups excluding carboxylic acids is 1. The van der Waals surface area contributed by atoms with Gasteiger partial charge in [0.2, 0.25) is 0 Å². The molecular weight excluding hydrogens is 437 g/mol. The van der Waals surface area contributed by atoms with Crippen LogP contribution in [0.2, 0.25) is 0 Å². The second-order valence-electron chi connectivity index (χ2n) is 7.54. The molecule has 9 heteroatoms. The zero-order valence-electron chi connectivity index (χ0n) is 16.3. The standard InChI is InChI=1S/C22H18F5NO2S/c23-15-9-13-3-5-30-18-8-12(7-17(29)21(18)20(13)16(24)10-15)4-6-31-19-2-1-14(11-28-19)22(25,26)27/h1-2,9-12H,3-8H2. The van der Waals surface area contributed by atoms with Crippen molar-refractivity contribution in [3.63, 3.8) is 0 Å². The van der Waals surface area contributed by atoms with Crippen LogP contribution >= 0.6 is 11.8 Å². The van der Waals surface area contributed by atoms with E-state index < -0.39 is 23.4 Å². The van der Waals surface area contributed by atoms with Crippen molar-refractivity contribution in [1.29, 1.82) is 0 Å². The summed E-state index contributed by atoms with van der Waals surface area (Å²) in [5.41, 5.74) is -0.0238. The molecule has 0 fully saturated rings. The number of ether oxygens (including phenoxy) is 1. The monoisotopic (exact) mass is 455 g/mol. The number of Topliss-reactive ketones (excluding diaryl/α,β-unsaturated/α-hetero) is 1. The van der Waals surface area contributed by atoms with Crippen LogP contribution in [0.3, 0.4) is 0 Å². The lowest BCUT2D eigenvalue weighted by Gasteiger charge is -2.25. The van der Waals surface area contributed by atoms with Crippen molar-refractivity contribution in [1.82, 2.24) is 4.98 Å². The van der Waals surface area contributed by atoms with Gasteiger partial charge in [-0.3, -0.25) is 4.79 Å². The Hall–Kier alpha value is -2.42. The summed E-state index contributed by atoms with van der Waals surface area (Å²) < 4.78 is 71.7. The van der Waals surface area contributed by atoms with Gasteiger partial charge in [0.1, 0.15) is 17.4 Å². The molecular formula is C22H18F5NO2S. The first-order chi connectivity index (χ1) is 14.7. The van der Waals surface area contributed by atoms with E-state index in [0.717, 1.165) is 18.3 Å². The molecule has 164 valence electrons. The van der Waals surface area contributed by atoms with E-state index in [0.29, 0.717) is 41.4 Å². The highest BCUT2D eigenvalue weighted by Gasteiger charge is 2.34. The summed E-state index contributed by atoms with van der Waals surface area (Å²) in [5.74, 6) is -0.715. The molecule has 1 aromatic heterocycles. The molecule has 31 heavy (non-hydrogen) atoms. The Morgan fingerprint density at radius 1 is 1.16 bits per heavy atom. The van der Waals surface area contributed by atoms with Crippen molar-refractivity contribution in [3.8, 4) is 0 Å². The Bertz CT molecular complexity index is 1030. The second-order valence-corrected chi connectivity index (χ2v) is 8.65. The predicted octanol–water partition coefficient (Wildman–Crippen LogP) is 5.82. The third-order valence-corrected chi connectivity index (χ3v) is 6.36. The van der Waals surface area contributed by atoms with E-state index in [1.165, 1.54) is 23.9 Å². The van der Waals surface area contributed by atoms with Crippen LogP contribution in [0.4, 0.5) is 22.0 Å². The van der Waals surface area contributed by atoms with E-state index in [1.807, 2.05) is 0 Å². The average Bonchev–Trinajstić information content (AvgIpc) is 2.87. The van der Waals surface area contributed by atoms with Gasteiger partial charge in [0, 0.05) is 37.1 Å². The number of allylic oxidation sites excluding steroid dienone is 2. The van der Waals surface area contributed by atoms with Gasteiger partial charge in [0.05, 0.1) is 22.8 Å². The van der Waals surface area contributed by atoms with E-state index in [4.69, 9.17) is 4.74 Å². The molecule has 1 atom stereocenters. The molecule has 2 heterocycles. The molecule has 1 unspecified atom stereocenters. The molecule has 0 saturated carbocycles. The summed E-state index contributed by atoms with van der Waals surface area (Å²) in [6.45, 7) is 0.235. The normalized spacial score (nSPS) is 18.9. The number of rotatable bonds is 4. The zero-order valence-corrected chi connectivity index (χ0v) is 17.1. The molecule has 1 aromatic carbocycles. The van der Waals surface area contributed by atoms with Gasteiger partial charge in [-0.2, -0.15) is 13.2 Å². The second kappa shape index (κ2) is 8.61. The van der Waals surface area contributed by atoms with E-state index in [9.17, 15) is 26.7 Å². The number of halogens is 5. The van der Waals surface area contributed by atoms with Crippen LogP contribution < -0.4 is 0 Å². The summed E-state index contributed by atoms with van der Waals surface area (Å²) in [4.78, 5) is 16.7. The average molecular weight is 455 g/mol. The number of ketones is 1. The maximum absolute atomic E-state index is 14.5. The SMILES string of the molecule is O=C1CC(CCSc2ccc(C(F)(F)F)cn2)CC2=C1c1c(F)cc(F)cc1CCO2. The van der Waals surface area contributed by atoms with Crippen LogP contribution in [-0.2, 0) is 22.1 Å². The number of benzene rings is 1. The van der Waals surface area contributed by atoms with E-state index in [2.05, 4.69) is 4.98 Å². The fraction of sp³-hybridized carbons (Fsp3) is 0.364. The van der Waals surface area contributed by atoms with E-state index >= 15 is 0 Å². The third kappa shape index (κ3) is 4.76. The fourth-order valence-corrected chi connectivity index (χ4v) is 4.87. The van der Waals surface area contributed by atoms with Crippen LogP contribution in [0.1, 0.15) is 36.0 Å². The molecule has 0 N–H and O–H groups in total. The van der Waals surface area contributed by atoms with Crippen molar-refractivity contribution < 1.29 is 31.5 Å². The van der Waals surface area contributed by atoms with Crippen LogP contribution in [0, 0.1) is 17.6 Å². The van der Waals surface area contributed by atoms with E-state index in [-0.39, 0.29) is 35.9 Å². The lowest BCUT2D eigenvalue weighted by Crippen LogP contribution is -2.21. The Balaban J connectivity index is 1.43. The van der Waals surface area contributed by atoms with Crippen LogP contribution in [-0.4, -0.2) is 23.1 Å². The molecule has 0 amide bonds. The van der Waals surface area contributed by atoms with Crippen LogP contribution in [0.5, 0.6) is 0 Å². The smallest absolute Gasteiger partial charge is 0.417 e. The van der Waals surface area contributed by atoms with Gasteiger partial charge in [-0.05, 0) is 41.9 Å². The zero-order chi connectivity index (χ0) is 22.2. The number of carbonyl (C=O) groups is 1. The summed E-state index contributed by atoms with van der Waals surface area (Å²) in [6, 6.07) is 4.34. The quantitative estimate of drug-likeness (QED) is 0.430. The van der Waals surface area contributed by atoms with Crippen LogP contribution in [0.15, 0.2) is 41.2 Å². The first-order valence-corrected chi connectivity index (χ1v) is 10.7. The first-order valence-electron chi connectivity index (χ1n) is 9.76. The number of thioether (sulfide) groups is 1. The highest BCUT2D eigenvalue weighted by Crippen LogP contribution is 2.40. The molecule has 4 rings (SSSR count). The minimum atomic E-state index is -4.42. The number of fused-ring (bicyclic) bond motifs is 2. The summed E-state index contributed by atoms with van der Waals surface area (Å²) in [5, 5.41) is 0.471. The van der Waals surface area contributed by atoms with Crippen molar-refractivity contribution in [2.45, 2.75) is 36.9 Å². The third-order valence-electron chi connectivity index (χ3n) is 5.38. The number of nitrogens with zero attached hydrogens (tertiary/aromatic N) is 1. The molecule has 0 spiro atoms. The van der Waals surface area contributed by atoms with Crippen molar-refractivity contribution >= 4 is 23.1 Å². The topological polar surface area (TPSA) is 39.2 Å². The van der Waals surface area contributed by atoms with Gasteiger partial charge in [-0.1, -0.05) is 0 Å². The first kappa shape index (κ1) is 21.8. The Morgan fingerprint density at radius 3 is 2.68 bits per heavy atom. The Kier molecular flexibility index (Phi) is 6.05. The number of alkyl halides is 3. The lowest BCUT2D eigenvalue weighted by atomic mass is 9.81. The van der Waals surface area contributed by atoms with Gasteiger partial charge >= 0.3 is 6.18 Å².